The van der Waals surface area contributed by atoms with Crippen molar-refractivity contribution in [3.05, 3.63) is 65.7 Å². The lowest BCUT2D eigenvalue weighted by Gasteiger charge is -2.31. The minimum Gasteiger partial charge on any atom is -0.493 e. The van der Waals surface area contributed by atoms with Crippen LogP contribution in [0.15, 0.2) is 54.6 Å². The third kappa shape index (κ3) is 6.90. The third-order valence-corrected chi connectivity index (χ3v) is 5.56. The number of carbonyl (C=O) groups excluding carboxylic acids is 1. The minimum atomic E-state index is 0.155. The first-order valence-electron chi connectivity index (χ1n) is 11.0. The van der Waals surface area contributed by atoms with E-state index in [1.807, 2.05) is 12.1 Å². The molecule has 0 aromatic heterocycles. The molecule has 4 nitrogen and oxygen atoms in total. The molecule has 0 spiro atoms. The molecule has 29 heavy (non-hydrogen) atoms. The number of piperidine rings is 1. The van der Waals surface area contributed by atoms with Gasteiger partial charge >= 0.3 is 0 Å². The highest BCUT2D eigenvalue weighted by atomic mass is 16.5. The Morgan fingerprint density at radius 1 is 1.07 bits per heavy atom. The van der Waals surface area contributed by atoms with Crippen LogP contribution >= 0.6 is 0 Å². The van der Waals surface area contributed by atoms with Crippen LogP contribution in [0, 0.1) is 5.92 Å². The van der Waals surface area contributed by atoms with Gasteiger partial charge in [0.15, 0.2) is 0 Å². The zero-order valence-electron chi connectivity index (χ0n) is 17.6. The molecular formula is C25H34N2O2. The molecule has 1 heterocycles. The topological polar surface area (TPSA) is 41.6 Å². The van der Waals surface area contributed by atoms with Crippen LogP contribution in [0.4, 0.5) is 0 Å². The lowest BCUT2D eigenvalue weighted by molar-refractivity contribution is -0.126. The Kier molecular flexibility index (Phi) is 8.57. The lowest BCUT2D eigenvalue weighted by atomic mass is 9.95. The predicted octanol–water partition coefficient (Wildman–Crippen LogP) is 4.44. The van der Waals surface area contributed by atoms with Crippen LogP contribution in [-0.4, -0.2) is 37.0 Å². The van der Waals surface area contributed by atoms with Crippen LogP contribution in [0.5, 0.6) is 5.75 Å². The maximum Gasteiger partial charge on any atom is 0.223 e. The van der Waals surface area contributed by atoms with Gasteiger partial charge in [0.2, 0.25) is 5.91 Å². The molecule has 1 aliphatic rings. The van der Waals surface area contributed by atoms with Crippen LogP contribution in [0.1, 0.15) is 43.7 Å². The predicted molar refractivity (Wildman–Crippen MR) is 118 cm³/mol. The number of rotatable bonds is 10. The van der Waals surface area contributed by atoms with E-state index >= 15 is 0 Å². The number of hydrogen-bond acceptors (Lipinski definition) is 3. The largest absolute Gasteiger partial charge is 0.493 e. The van der Waals surface area contributed by atoms with E-state index in [4.69, 9.17) is 4.74 Å². The number of benzene rings is 2. The molecule has 1 fully saturated rings. The molecule has 1 amide bonds. The van der Waals surface area contributed by atoms with Gasteiger partial charge in [0.25, 0.3) is 0 Å². The molecule has 1 saturated heterocycles. The molecule has 2 aromatic carbocycles. The molecule has 0 radical (unpaired) electrons. The van der Waals surface area contributed by atoms with Gasteiger partial charge in [-0.2, -0.15) is 0 Å². The van der Waals surface area contributed by atoms with Gasteiger partial charge in [0.1, 0.15) is 5.75 Å². The Hall–Kier alpha value is -2.33. The number of carbonyl (C=O) groups is 1. The Bertz CT molecular complexity index is 739. The molecule has 0 saturated carbocycles. The summed E-state index contributed by atoms with van der Waals surface area (Å²) in [5.41, 5.74) is 2.57. The van der Waals surface area contributed by atoms with Crippen LogP contribution in [0.25, 0.3) is 0 Å². The van der Waals surface area contributed by atoms with Crippen molar-refractivity contribution in [1.29, 1.82) is 0 Å². The number of likely N-dealkylation sites (tertiary alicyclic amines) is 1. The van der Waals surface area contributed by atoms with Crippen molar-refractivity contribution in [2.75, 3.05) is 26.2 Å². The third-order valence-electron chi connectivity index (χ3n) is 5.56. The summed E-state index contributed by atoms with van der Waals surface area (Å²) in [6.45, 7) is 6.56. The van der Waals surface area contributed by atoms with Crippen molar-refractivity contribution >= 4 is 5.91 Å². The number of nitrogens with zero attached hydrogens (tertiary/aromatic N) is 1. The average molecular weight is 395 g/mol. The van der Waals surface area contributed by atoms with Gasteiger partial charge < -0.3 is 10.1 Å². The standard InChI is InChI=1S/C25H34N2O2/c1-2-19-29-24-13-7-6-11-22(24)12-8-16-26-25(28)23-14-17-27(18-15-23)20-21-9-4-3-5-10-21/h3-7,9-11,13,23H,2,8,12,14-20H2,1H3,(H,26,28). The molecule has 1 N–H and O–H groups in total. The van der Waals surface area contributed by atoms with Crippen molar-refractivity contribution in [3.63, 3.8) is 0 Å². The van der Waals surface area contributed by atoms with Crippen LogP contribution < -0.4 is 10.1 Å². The van der Waals surface area contributed by atoms with E-state index < -0.39 is 0 Å². The van der Waals surface area contributed by atoms with Crippen molar-refractivity contribution in [2.24, 2.45) is 5.92 Å². The summed E-state index contributed by atoms with van der Waals surface area (Å²) in [6, 6.07) is 18.8. The van der Waals surface area contributed by atoms with Crippen molar-refractivity contribution in [2.45, 2.75) is 45.6 Å². The molecule has 3 rings (SSSR count). The maximum absolute atomic E-state index is 12.5. The van der Waals surface area contributed by atoms with E-state index in [-0.39, 0.29) is 11.8 Å². The number of ether oxygens (including phenoxy) is 1. The lowest BCUT2D eigenvalue weighted by Crippen LogP contribution is -2.40. The van der Waals surface area contributed by atoms with E-state index in [0.717, 1.165) is 70.6 Å². The summed E-state index contributed by atoms with van der Waals surface area (Å²) in [6.07, 6.45) is 4.77. The highest BCUT2D eigenvalue weighted by Crippen LogP contribution is 2.21. The average Bonchev–Trinajstić information content (AvgIpc) is 2.77. The molecule has 4 heteroatoms. The van der Waals surface area contributed by atoms with E-state index in [2.05, 4.69) is 59.6 Å². The molecule has 0 atom stereocenters. The number of nitrogens with one attached hydrogen (secondary N) is 1. The summed E-state index contributed by atoms with van der Waals surface area (Å²) in [4.78, 5) is 15.0. The molecule has 0 bridgehead atoms. The minimum absolute atomic E-state index is 0.155. The quantitative estimate of drug-likeness (QED) is 0.606. The highest BCUT2D eigenvalue weighted by Gasteiger charge is 2.24. The number of amides is 1. The SMILES string of the molecule is CCCOc1ccccc1CCCNC(=O)C1CCN(Cc2ccccc2)CC1. The Morgan fingerprint density at radius 2 is 1.79 bits per heavy atom. The Balaban J connectivity index is 1.34. The van der Waals surface area contributed by atoms with Gasteiger partial charge in [-0.05, 0) is 62.4 Å². The molecule has 156 valence electrons. The van der Waals surface area contributed by atoms with Gasteiger partial charge in [-0.1, -0.05) is 55.5 Å². The van der Waals surface area contributed by atoms with Crippen LogP contribution in [-0.2, 0) is 17.8 Å². The fraction of sp³-hybridized carbons (Fsp3) is 0.480. The van der Waals surface area contributed by atoms with E-state index in [0.29, 0.717) is 0 Å². The summed E-state index contributed by atoms with van der Waals surface area (Å²) < 4.78 is 5.82. The second-order valence-electron chi connectivity index (χ2n) is 7.89. The fourth-order valence-electron chi connectivity index (χ4n) is 3.89. The summed E-state index contributed by atoms with van der Waals surface area (Å²) in [7, 11) is 0. The van der Waals surface area contributed by atoms with Gasteiger partial charge in [0, 0.05) is 19.0 Å². The number of hydrogen-bond donors (Lipinski definition) is 1. The monoisotopic (exact) mass is 394 g/mol. The summed E-state index contributed by atoms with van der Waals surface area (Å²) in [5.74, 6) is 1.36. The van der Waals surface area contributed by atoms with Gasteiger partial charge in [-0.15, -0.1) is 0 Å². The van der Waals surface area contributed by atoms with E-state index in [9.17, 15) is 4.79 Å². The number of aryl methyl sites for hydroxylation is 1. The Labute approximate surface area is 175 Å². The molecule has 0 unspecified atom stereocenters. The van der Waals surface area contributed by atoms with Crippen LogP contribution in [0.3, 0.4) is 0 Å². The zero-order valence-corrected chi connectivity index (χ0v) is 17.6. The highest BCUT2D eigenvalue weighted by molar-refractivity contribution is 5.78. The Morgan fingerprint density at radius 3 is 2.55 bits per heavy atom. The van der Waals surface area contributed by atoms with Gasteiger partial charge in [-0.25, -0.2) is 0 Å². The first-order chi connectivity index (χ1) is 14.3. The van der Waals surface area contributed by atoms with Crippen molar-refractivity contribution in [3.8, 4) is 5.75 Å². The maximum atomic E-state index is 12.5. The first-order valence-corrected chi connectivity index (χ1v) is 11.0. The summed E-state index contributed by atoms with van der Waals surface area (Å²) >= 11 is 0. The van der Waals surface area contributed by atoms with E-state index in [1.165, 1.54) is 11.1 Å². The number of para-hydroxylation sites is 1. The normalized spacial score (nSPS) is 15.2. The molecular weight excluding hydrogens is 360 g/mol. The zero-order chi connectivity index (χ0) is 20.3. The first kappa shape index (κ1) is 21.4. The molecule has 1 aliphatic heterocycles. The van der Waals surface area contributed by atoms with Crippen LogP contribution in [0.2, 0.25) is 0 Å². The van der Waals surface area contributed by atoms with E-state index in [1.54, 1.807) is 0 Å². The van der Waals surface area contributed by atoms with Crippen molar-refractivity contribution < 1.29 is 9.53 Å². The second-order valence-corrected chi connectivity index (χ2v) is 7.89. The fourth-order valence-corrected chi connectivity index (χ4v) is 3.89. The van der Waals surface area contributed by atoms with Crippen molar-refractivity contribution in [1.82, 2.24) is 10.2 Å². The summed E-state index contributed by atoms with van der Waals surface area (Å²) in [5, 5.41) is 3.15. The smallest absolute Gasteiger partial charge is 0.223 e. The molecule has 0 aliphatic carbocycles. The molecule has 2 aromatic rings. The van der Waals surface area contributed by atoms with Gasteiger partial charge in [-0.3, -0.25) is 9.69 Å². The van der Waals surface area contributed by atoms with Gasteiger partial charge in [0.05, 0.1) is 6.61 Å². The second kappa shape index (κ2) is 11.6.